The summed E-state index contributed by atoms with van der Waals surface area (Å²) in [6, 6.07) is 5.91. The fraction of sp³-hybridized carbons (Fsp3) is 0.350. The van der Waals surface area contributed by atoms with E-state index < -0.39 is 0 Å². The van der Waals surface area contributed by atoms with Gasteiger partial charge in [0, 0.05) is 47.9 Å². The van der Waals surface area contributed by atoms with Gasteiger partial charge in [-0.05, 0) is 43.2 Å². The molecule has 2 N–H and O–H groups in total. The molecular formula is C20H22ClN3O. The molecule has 4 nitrogen and oxygen atoms in total. The average Bonchev–Trinajstić information content (AvgIpc) is 2.76. The highest BCUT2D eigenvalue weighted by Gasteiger charge is 2.28. The monoisotopic (exact) mass is 355 g/mol. The maximum Gasteiger partial charge on any atom is 0.0919 e. The molecule has 1 saturated heterocycles. The summed E-state index contributed by atoms with van der Waals surface area (Å²) >= 11 is 6.26. The molecule has 0 amide bonds. The first-order valence-corrected chi connectivity index (χ1v) is 9.11. The van der Waals surface area contributed by atoms with Crippen LogP contribution in [0.4, 0.5) is 0 Å². The lowest BCUT2D eigenvalue weighted by atomic mass is 9.88. The molecule has 4 rings (SSSR count). The Labute approximate surface area is 153 Å². The molecule has 2 heterocycles. The number of likely N-dealkylation sites (tertiary alicyclic amines) is 1. The van der Waals surface area contributed by atoms with Crippen molar-refractivity contribution in [1.82, 2.24) is 10.2 Å². The molecule has 0 bridgehead atoms. The van der Waals surface area contributed by atoms with Gasteiger partial charge in [-0.15, -0.1) is 0 Å². The molecule has 25 heavy (non-hydrogen) atoms. The van der Waals surface area contributed by atoms with Gasteiger partial charge in [0.25, 0.3) is 0 Å². The fourth-order valence-electron chi connectivity index (χ4n) is 3.93. The molecular weight excluding hydrogens is 334 g/mol. The molecule has 130 valence electrons. The largest absolute Gasteiger partial charge is 0.411 e. The van der Waals surface area contributed by atoms with Gasteiger partial charge in [0.05, 0.1) is 5.71 Å². The maximum absolute atomic E-state index is 9.63. The maximum atomic E-state index is 9.63. The Bertz CT molecular complexity index is 825. The van der Waals surface area contributed by atoms with E-state index >= 15 is 0 Å². The van der Waals surface area contributed by atoms with Gasteiger partial charge in [-0.3, -0.25) is 0 Å². The molecule has 5 heteroatoms. The normalized spacial score (nSPS) is 22.6. The smallest absolute Gasteiger partial charge is 0.0919 e. The highest BCUT2D eigenvalue weighted by Crippen LogP contribution is 2.40. The Morgan fingerprint density at radius 2 is 2.00 bits per heavy atom. The van der Waals surface area contributed by atoms with Crippen LogP contribution in [0.3, 0.4) is 0 Å². The lowest BCUT2D eigenvalue weighted by Crippen LogP contribution is -2.28. The lowest BCUT2D eigenvalue weighted by molar-refractivity contribution is 0.313. The molecule has 0 radical (unpaired) electrons. The van der Waals surface area contributed by atoms with Crippen LogP contribution in [-0.2, 0) is 0 Å². The summed E-state index contributed by atoms with van der Waals surface area (Å²) in [6.45, 7) is 2.96. The van der Waals surface area contributed by atoms with Crippen molar-refractivity contribution in [2.75, 3.05) is 26.7 Å². The van der Waals surface area contributed by atoms with Crippen molar-refractivity contribution in [3.8, 4) is 0 Å². The summed E-state index contributed by atoms with van der Waals surface area (Å²) in [5.74, 6) is 0. The van der Waals surface area contributed by atoms with Crippen LogP contribution in [0.5, 0.6) is 0 Å². The second-order valence-corrected chi connectivity index (χ2v) is 7.32. The van der Waals surface area contributed by atoms with Crippen molar-refractivity contribution < 1.29 is 5.21 Å². The Hall–Kier alpha value is -2.04. The summed E-state index contributed by atoms with van der Waals surface area (Å²) in [4.78, 5) is 2.37. The second-order valence-electron chi connectivity index (χ2n) is 6.88. The minimum atomic E-state index is 0.597. The third kappa shape index (κ3) is 3.00. The van der Waals surface area contributed by atoms with Crippen LogP contribution < -0.4 is 5.32 Å². The van der Waals surface area contributed by atoms with Crippen LogP contribution in [-0.4, -0.2) is 42.5 Å². The predicted molar refractivity (Wildman–Crippen MR) is 102 cm³/mol. The number of fused-ring (bicyclic) bond motifs is 1. The Morgan fingerprint density at radius 1 is 1.20 bits per heavy atom. The molecule has 3 aliphatic rings. The average molecular weight is 356 g/mol. The number of hydrogen-bond acceptors (Lipinski definition) is 4. The molecule has 0 aromatic heterocycles. The zero-order valence-electron chi connectivity index (χ0n) is 14.3. The van der Waals surface area contributed by atoms with Crippen molar-refractivity contribution in [2.45, 2.75) is 19.3 Å². The summed E-state index contributed by atoms with van der Waals surface area (Å²) in [7, 11) is 2.17. The Morgan fingerprint density at radius 3 is 2.76 bits per heavy atom. The van der Waals surface area contributed by atoms with Crippen molar-refractivity contribution in [3.05, 3.63) is 63.3 Å². The summed E-state index contributed by atoms with van der Waals surface area (Å²) in [6.07, 6.45) is 6.98. The number of oxime groups is 1. The predicted octanol–water partition coefficient (Wildman–Crippen LogP) is 3.81. The third-order valence-electron chi connectivity index (χ3n) is 5.27. The first kappa shape index (κ1) is 16.4. The van der Waals surface area contributed by atoms with Gasteiger partial charge in [-0.25, -0.2) is 0 Å². The van der Waals surface area contributed by atoms with Gasteiger partial charge in [0.2, 0.25) is 0 Å². The van der Waals surface area contributed by atoms with E-state index in [0.717, 1.165) is 43.6 Å². The van der Waals surface area contributed by atoms with E-state index in [0.29, 0.717) is 17.2 Å². The van der Waals surface area contributed by atoms with Gasteiger partial charge < -0.3 is 15.4 Å². The summed E-state index contributed by atoms with van der Waals surface area (Å²) in [5, 5.41) is 17.5. The van der Waals surface area contributed by atoms with Crippen LogP contribution in [0.25, 0.3) is 5.57 Å². The zero-order chi connectivity index (χ0) is 17.4. The number of piperidine rings is 1. The van der Waals surface area contributed by atoms with E-state index in [-0.39, 0.29) is 0 Å². The minimum Gasteiger partial charge on any atom is -0.411 e. The van der Waals surface area contributed by atoms with Crippen LogP contribution in [0.15, 0.2) is 52.4 Å². The Kier molecular flexibility index (Phi) is 4.40. The molecule has 0 unspecified atom stereocenters. The van der Waals surface area contributed by atoms with Gasteiger partial charge >= 0.3 is 0 Å². The van der Waals surface area contributed by atoms with Gasteiger partial charge in [0.15, 0.2) is 0 Å². The van der Waals surface area contributed by atoms with Crippen LogP contribution in [0.2, 0.25) is 5.02 Å². The van der Waals surface area contributed by atoms with Gasteiger partial charge in [-0.1, -0.05) is 40.5 Å². The van der Waals surface area contributed by atoms with E-state index in [2.05, 4.69) is 40.6 Å². The van der Waals surface area contributed by atoms with Gasteiger partial charge in [0.1, 0.15) is 0 Å². The third-order valence-corrected chi connectivity index (χ3v) is 5.51. The van der Waals surface area contributed by atoms with E-state index in [1.54, 1.807) is 0 Å². The van der Waals surface area contributed by atoms with Gasteiger partial charge in [-0.2, -0.15) is 0 Å². The van der Waals surface area contributed by atoms with E-state index in [9.17, 15) is 5.21 Å². The molecule has 1 aromatic carbocycles. The zero-order valence-corrected chi connectivity index (χ0v) is 15.1. The molecule has 2 aliphatic heterocycles. The number of hydrogen-bond donors (Lipinski definition) is 2. The van der Waals surface area contributed by atoms with E-state index in [4.69, 9.17) is 11.6 Å². The molecule has 0 spiro atoms. The highest BCUT2D eigenvalue weighted by molar-refractivity contribution is 6.31. The van der Waals surface area contributed by atoms with Crippen LogP contribution in [0, 0.1) is 0 Å². The Balaban J connectivity index is 1.97. The number of nitrogens with zero attached hydrogens (tertiary/aromatic N) is 2. The van der Waals surface area contributed by atoms with Crippen molar-refractivity contribution >= 4 is 22.9 Å². The number of allylic oxidation sites excluding steroid dienone is 3. The van der Waals surface area contributed by atoms with E-state index in [1.165, 1.54) is 22.4 Å². The number of halogens is 1. The van der Waals surface area contributed by atoms with Crippen molar-refractivity contribution in [2.24, 2.45) is 5.16 Å². The molecule has 1 fully saturated rings. The first-order valence-electron chi connectivity index (χ1n) is 8.73. The molecule has 0 atom stereocenters. The number of rotatable bonds is 0. The number of dihydropyridines is 1. The van der Waals surface area contributed by atoms with Crippen LogP contribution in [0.1, 0.15) is 30.4 Å². The summed E-state index contributed by atoms with van der Waals surface area (Å²) in [5.41, 5.74) is 7.82. The fourth-order valence-corrected chi connectivity index (χ4v) is 4.11. The van der Waals surface area contributed by atoms with Crippen molar-refractivity contribution in [3.63, 3.8) is 0 Å². The van der Waals surface area contributed by atoms with Crippen LogP contribution >= 0.6 is 11.6 Å². The lowest BCUT2D eigenvalue weighted by Gasteiger charge is -2.29. The highest BCUT2D eigenvalue weighted by atomic mass is 35.5. The molecule has 1 aromatic rings. The first-order chi connectivity index (χ1) is 12.2. The second kappa shape index (κ2) is 6.70. The van der Waals surface area contributed by atoms with Crippen molar-refractivity contribution in [1.29, 1.82) is 0 Å². The minimum absolute atomic E-state index is 0.597. The quantitative estimate of drug-likeness (QED) is 0.549. The summed E-state index contributed by atoms with van der Waals surface area (Å²) < 4.78 is 0. The topological polar surface area (TPSA) is 47.9 Å². The number of nitrogens with one attached hydrogen (secondary N) is 1. The molecule has 1 aliphatic carbocycles. The molecule has 0 saturated carbocycles. The van der Waals surface area contributed by atoms with E-state index in [1.807, 2.05) is 12.1 Å². The SMILES string of the molecule is CN1CCC(=C2C3=C(C=CCN3)CC(=NO)c3cc(Cl)ccc32)CC1. The standard InChI is InChI=1S/C20H22ClN3O/c1-24-9-6-13(7-10-24)19-16-5-4-15(21)12-17(16)18(23-25)11-14-3-2-8-22-20(14)19/h2-5,12,22,25H,6-11H2,1H3. The number of benzene rings is 1.